The zero-order chi connectivity index (χ0) is 13.4. The first kappa shape index (κ1) is 11.7. The van der Waals surface area contributed by atoms with Crippen LogP contribution in [0.2, 0.25) is 0 Å². The number of aliphatic hydroxyl groups is 1. The Morgan fingerprint density at radius 3 is 2.79 bits per heavy atom. The van der Waals surface area contributed by atoms with Gasteiger partial charge in [-0.15, -0.1) is 0 Å². The van der Waals surface area contributed by atoms with E-state index < -0.39 is 6.10 Å². The van der Waals surface area contributed by atoms with Gasteiger partial charge in [0.25, 0.3) is 0 Å². The van der Waals surface area contributed by atoms with E-state index in [4.69, 9.17) is 5.73 Å². The van der Waals surface area contributed by atoms with Crippen LogP contribution < -0.4 is 5.73 Å². The molecule has 0 bridgehead atoms. The molecule has 0 spiro atoms. The lowest BCUT2D eigenvalue weighted by atomic mass is 9.99. The Bertz CT molecular complexity index is 730. The minimum Gasteiger partial charge on any atom is -0.384 e. The van der Waals surface area contributed by atoms with Crippen LogP contribution in [-0.2, 0) is 7.05 Å². The molecule has 0 aliphatic carbocycles. The van der Waals surface area contributed by atoms with Crippen LogP contribution in [-0.4, -0.2) is 19.9 Å². The summed E-state index contributed by atoms with van der Waals surface area (Å²) >= 11 is 0. The summed E-state index contributed by atoms with van der Waals surface area (Å²) in [6.07, 6.45) is 2.52. The monoisotopic (exact) mass is 254 g/mol. The van der Waals surface area contributed by atoms with Gasteiger partial charge in [-0.2, -0.15) is 5.10 Å². The van der Waals surface area contributed by atoms with Gasteiger partial charge in [0.05, 0.1) is 11.7 Å². The second kappa shape index (κ2) is 4.37. The van der Waals surface area contributed by atoms with Gasteiger partial charge in [-0.3, -0.25) is 9.67 Å². The third kappa shape index (κ3) is 1.84. The molecule has 0 saturated heterocycles. The number of hydrogen-bond acceptors (Lipinski definition) is 4. The summed E-state index contributed by atoms with van der Waals surface area (Å²) in [6.45, 7) is 0. The number of aryl methyl sites for hydroxylation is 1. The topological polar surface area (TPSA) is 77.0 Å². The Kier molecular flexibility index (Phi) is 2.68. The van der Waals surface area contributed by atoms with Crippen molar-refractivity contribution in [3.8, 4) is 0 Å². The zero-order valence-electron chi connectivity index (χ0n) is 10.5. The number of fused-ring (bicyclic) bond motifs is 1. The minimum absolute atomic E-state index is 0.466. The predicted molar refractivity (Wildman–Crippen MR) is 73.4 cm³/mol. The van der Waals surface area contributed by atoms with Gasteiger partial charge >= 0.3 is 0 Å². The highest BCUT2D eigenvalue weighted by atomic mass is 16.3. The number of rotatable bonds is 2. The van der Waals surface area contributed by atoms with Crippen LogP contribution >= 0.6 is 0 Å². The van der Waals surface area contributed by atoms with Crippen LogP contribution in [0.25, 0.3) is 10.9 Å². The number of hydrogen-bond donors (Lipinski definition) is 2. The maximum atomic E-state index is 10.5. The number of nitrogen functional groups attached to an aromatic ring is 1. The molecule has 0 radical (unpaired) electrons. The van der Waals surface area contributed by atoms with Gasteiger partial charge in [-0.1, -0.05) is 18.2 Å². The molecule has 1 unspecified atom stereocenters. The van der Waals surface area contributed by atoms with Crippen molar-refractivity contribution in [2.75, 3.05) is 5.73 Å². The fourth-order valence-electron chi connectivity index (χ4n) is 2.21. The highest BCUT2D eigenvalue weighted by molar-refractivity contribution is 5.83. The SMILES string of the molecule is Cn1ncc(C(O)c2cccc3ncccc23)c1N. The van der Waals surface area contributed by atoms with E-state index >= 15 is 0 Å². The summed E-state index contributed by atoms with van der Waals surface area (Å²) < 4.78 is 1.54. The molecule has 3 rings (SSSR count). The molecule has 96 valence electrons. The van der Waals surface area contributed by atoms with Gasteiger partial charge in [-0.25, -0.2) is 0 Å². The van der Waals surface area contributed by atoms with Gasteiger partial charge in [0.2, 0.25) is 0 Å². The maximum Gasteiger partial charge on any atom is 0.127 e. The molecule has 5 heteroatoms. The largest absolute Gasteiger partial charge is 0.384 e. The van der Waals surface area contributed by atoms with Crippen molar-refractivity contribution in [1.82, 2.24) is 14.8 Å². The van der Waals surface area contributed by atoms with Crippen molar-refractivity contribution in [2.45, 2.75) is 6.10 Å². The van der Waals surface area contributed by atoms with E-state index in [1.807, 2.05) is 30.3 Å². The molecule has 0 fully saturated rings. The molecule has 0 aliphatic heterocycles. The maximum absolute atomic E-state index is 10.5. The molecule has 0 amide bonds. The van der Waals surface area contributed by atoms with Crippen LogP contribution in [0.4, 0.5) is 5.82 Å². The highest BCUT2D eigenvalue weighted by Crippen LogP contribution is 2.30. The molecule has 19 heavy (non-hydrogen) atoms. The van der Waals surface area contributed by atoms with Gasteiger partial charge < -0.3 is 10.8 Å². The molecule has 2 aromatic heterocycles. The lowest BCUT2D eigenvalue weighted by molar-refractivity contribution is 0.222. The average Bonchev–Trinajstić information content (AvgIpc) is 2.78. The number of aliphatic hydroxyl groups excluding tert-OH is 1. The summed E-state index contributed by atoms with van der Waals surface area (Å²) in [4.78, 5) is 4.28. The van der Waals surface area contributed by atoms with E-state index in [0.717, 1.165) is 16.5 Å². The molecule has 0 saturated carbocycles. The number of benzene rings is 1. The average molecular weight is 254 g/mol. The molecular formula is C14H14N4O. The number of nitrogens with two attached hydrogens (primary N) is 1. The third-order valence-electron chi connectivity index (χ3n) is 3.28. The molecule has 2 heterocycles. The number of pyridine rings is 1. The summed E-state index contributed by atoms with van der Waals surface area (Å²) in [7, 11) is 1.75. The molecule has 1 aromatic carbocycles. The van der Waals surface area contributed by atoms with Crippen molar-refractivity contribution in [3.63, 3.8) is 0 Å². The van der Waals surface area contributed by atoms with E-state index in [1.54, 1.807) is 24.1 Å². The van der Waals surface area contributed by atoms with Gasteiger partial charge in [0.15, 0.2) is 0 Å². The van der Waals surface area contributed by atoms with Gasteiger partial charge in [-0.05, 0) is 17.7 Å². The fourth-order valence-corrected chi connectivity index (χ4v) is 2.21. The highest BCUT2D eigenvalue weighted by Gasteiger charge is 2.18. The smallest absolute Gasteiger partial charge is 0.127 e. The van der Waals surface area contributed by atoms with Crippen molar-refractivity contribution < 1.29 is 5.11 Å². The first-order valence-electron chi connectivity index (χ1n) is 5.97. The van der Waals surface area contributed by atoms with E-state index in [2.05, 4.69) is 10.1 Å². The second-order valence-corrected chi connectivity index (χ2v) is 4.43. The summed E-state index contributed by atoms with van der Waals surface area (Å²) in [6, 6.07) is 9.46. The summed E-state index contributed by atoms with van der Waals surface area (Å²) in [5.74, 6) is 0.466. The van der Waals surface area contributed by atoms with Crippen molar-refractivity contribution in [1.29, 1.82) is 0 Å². The van der Waals surface area contributed by atoms with Crippen molar-refractivity contribution >= 4 is 16.7 Å². The van der Waals surface area contributed by atoms with E-state index in [9.17, 15) is 5.11 Å². The molecule has 1 atom stereocenters. The van der Waals surface area contributed by atoms with Gasteiger partial charge in [0.1, 0.15) is 11.9 Å². The normalized spacial score (nSPS) is 12.7. The Hall–Kier alpha value is -2.40. The predicted octanol–water partition coefficient (Wildman–Crippen LogP) is 1.63. The second-order valence-electron chi connectivity index (χ2n) is 4.43. The van der Waals surface area contributed by atoms with Crippen LogP contribution in [0.1, 0.15) is 17.2 Å². The van der Waals surface area contributed by atoms with E-state index in [-0.39, 0.29) is 0 Å². The van der Waals surface area contributed by atoms with Crippen LogP contribution in [0, 0.1) is 0 Å². The molecule has 5 nitrogen and oxygen atoms in total. The summed E-state index contributed by atoms with van der Waals surface area (Å²) in [5, 5.41) is 15.5. The fraction of sp³-hybridized carbons (Fsp3) is 0.143. The van der Waals surface area contributed by atoms with Gasteiger partial charge in [0, 0.05) is 24.2 Å². The number of aromatic nitrogens is 3. The zero-order valence-corrected chi connectivity index (χ0v) is 10.5. The summed E-state index contributed by atoms with van der Waals surface area (Å²) in [5.41, 5.74) is 8.15. The Labute approximate surface area is 110 Å². The van der Waals surface area contributed by atoms with Crippen molar-refractivity contribution in [2.24, 2.45) is 7.05 Å². The lowest BCUT2D eigenvalue weighted by Gasteiger charge is -2.13. The molecule has 0 aliphatic rings. The Morgan fingerprint density at radius 2 is 2.05 bits per heavy atom. The van der Waals surface area contributed by atoms with Crippen LogP contribution in [0.3, 0.4) is 0 Å². The Balaban J connectivity index is 2.17. The Morgan fingerprint density at radius 1 is 1.21 bits per heavy atom. The van der Waals surface area contributed by atoms with Crippen LogP contribution in [0.5, 0.6) is 0 Å². The van der Waals surface area contributed by atoms with E-state index in [0.29, 0.717) is 11.4 Å². The molecule has 3 N–H and O–H groups in total. The van der Waals surface area contributed by atoms with Crippen molar-refractivity contribution in [3.05, 3.63) is 53.9 Å². The molecular weight excluding hydrogens is 240 g/mol. The first-order chi connectivity index (χ1) is 9.18. The van der Waals surface area contributed by atoms with Crippen LogP contribution in [0.15, 0.2) is 42.7 Å². The third-order valence-corrected chi connectivity index (χ3v) is 3.28. The quantitative estimate of drug-likeness (QED) is 0.728. The standard InChI is InChI=1S/C14H14N4O/c1-18-14(15)11(8-17-18)13(19)10-4-2-6-12-9(10)5-3-7-16-12/h2-8,13,19H,15H2,1H3. The number of nitrogens with zero attached hydrogens (tertiary/aromatic N) is 3. The first-order valence-corrected chi connectivity index (χ1v) is 5.97. The van der Waals surface area contributed by atoms with E-state index in [1.165, 1.54) is 0 Å². The minimum atomic E-state index is -0.804. The molecule has 3 aromatic rings. The number of anilines is 1. The lowest BCUT2D eigenvalue weighted by Crippen LogP contribution is -2.05.